The predicted octanol–water partition coefficient (Wildman–Crippen LogP) is 18.2. The van der Waals surface area contributed by atoms with Gasteiger partial charge in [-0.2, -0.15) is 0 Å². The van der Waals surface area contributed by atoms with E-state index in [4.69, 9.17) is 26.5 Å². The highest BCUT2D eigenvalue weighted by atomic mass is 35.5. The molecule has 0 aliphatic carbocycles. The molecule has 5 heterocycles. The molecule has 0 aliphatic rings. The Morgan fingerprint density at radius 2 is 1.06 bits per heavy atom. The number of furan rings is 2. The van der Waals surface area contributed by atoms with Crippen molar-refractivity contribution in [3.8, 4) is 11.4 Å². The number of hydrogen-bond acceptors (Lipinski definition) is 4. The zero-order chi connectivity index (χ0) is 50.0. The van der Waals surface area contributed by atoms with E-state index in [1.165, 1.54) is 83.5 Å². The lowest BCUT2D eigenvalue weighted by molar-refractivity contribution is -0.115. The van der Waals surface area contributed by atoms with E-state index in [-0.39, 0.29) is 23.5 Å². The molecule has 0 fully saturated rings. The van der Waals surface area contributed by atoms with Crippen molar-refractivity contribution in [2.45, 2.75) is 87.0 Å². The predicted molar refractivity (Wildman–Crippen MR) is 296 cm³/mol. The highest BCUT2D eigenvalue weighted by molar-refractivity contribution is 6.37. The Morgan fingerprint density at radius 1 is 0.543 bits per heavy atom. The van der Waals surface area contributed by atoms with Crippen LogP contribution in [0.15, 0.2) is 136 Å². The number of Topliss-reactive ketones (excluding diaryl/α,β-unsaturated/α-hetero) is 1. The van der Waals surface area contributed by atoms with E-state index in [1.807, 2.05) is 12.1 Å². The van der Waals surface area contributed by atoms with Gasteiger partial charge in [-0.3, -0.25) is 0 Å². The summed E-state index contributed by atoms with van der Waals surface area (Å²) in [5.41, 5.74) is 16.7. The van der Waals surface area contributed by atoms with Gasteiger partial charge in [-0.15, -0.1) is 0 Å². The highest BCUT2D eigenvalue weighted by Gasteiger charge is 2.28. The average Bonchev–Trinajstić information content (AvgIpc) is 4.12. The van der Waals surface area contributed by atoms with Gasteiger partial charge in [0.2, 0.25) is 0 Å². The van der Waals surface area contributed by atoms with Gasteiger partial charge in [-0.25, -0.2) is 0 Å². The monoisotopic (exact) mass is 941 g/mol. The zero-order valence-electron chi connectivity index (χ0n) is 42.7. The normalized spacial score (nSPS) is 12.6. The third kappa shape index (κ3) is 7.18. The molecule has 0 saturated carbocycles. The second-order valence-electron chi connectivity index (χ2n) is 21.3. The van der Waals surface area contributed by atoms with Gasteiger partial charge in [0.1, 0.15) is 33.7 Å². The number of ether oxygens (including phenoxy) is 1. The van der Waals surface area contributed by atoms with Crippen LogP contribution in [0.4, 0.5) is 0 Å². The topological polar surface area (TPSA) is 61.9 Å². The summed E-state index contributed by atoms with van der Waals surface area (Å²) in [6, 6.07) is 46.0. The van der Waals surface area contributed by atoms with Crippen LogP contribution in [-0.4, -0.2) is 21.9 Å². The number of aromatic nitrogens is 2. The van der Waals surface area contributed by atoms with Crippen molar-refractivity contribution in [2.24, 2.45) is 0 Å². The quantitative estimate of drug-likeness (QED) is 0.173. The summed E-state index contributed by atoms with van der Waals surface area (Å²) >= 11 is 7.04. The van der Waals surface area contributed by atoms with E-state index in [0.717, 1.165) is 71.5 Å². The van der Waals surface area contributed by atoms with E-state index < -0.39 is 0 Å². The number of hydrogen-bond donors (Lipinski definition) is 0. The second kappa shape index (κ2) is 16.1. The molecule has 350 valence electrons. The van der Waals surface area contributed by atoms with E-state index in [9.17, 15) is 4.79 Å². The maximum absolute atomic E-state index is 9.62. The summed E-state index contributed by atoms with van der Waals surface area (Å²) in [7, 11) is 1.69. The summed E-state index contributed by atoms with van der Waals surface area (Å²) in [5, 5.41) is 12.7. The summed E-state index contributed by atoms with van der Waals surface area (Å²) < 4.78 is 29.6. The molecular weight excluding hydrogens is 884 g/mol. The maximum Gasteiger partial charge on any atom is 0.161 e. The molecule has 0 unspecified atom stereocenters. The molecule has 0 amide bonds. The molecule has 0 N–H and O–H groups in total. The molecule has 0 aliphatic heterocycles. The molecular formula is C63H57ClN2O4. The Kier molecular flexibility index (Phi) is 10.1. The van der Waals surface area contributed by atoms with Crippen molar-refractivity contribution >= 4 is 121 Å². The van der Waals surface area contributed by atoms with Crippen LogP contribution in [0.3, 0.4) is 0 Å². The van der Waals surface area contributed by atoms with Crippen LogP contribution in [-0.2, 0) is 15.6 Å². The molecule has 6 nitrogen and oxygen atoms in total. The van der Waals surface area contributed by atoms with Crippen molar-refractivity contribution < 1.29 is 19.7 Å². The average molecular weight is 943 g/mol. The number of halogens is 1. The molecule has 0 spiro atoms. The van der Waals surface area contributed by atoms with Crippen molar-refractivity contribution in [3.63, 3.8) is 0 Å². The van der Waals surface area contributed by atoms with Crippen LogP contribution in [0.2, 0.25) is 5.02 Å². The third-order valence-electron chi connectivity index (χ3n) is 13.9. The highest BCUT2D eigenvalue weighted by Crippen LogP contribution is 2.48. The second-order valence-corrected chi connectivity index (χ2v) is 21.7. The van der Waals surface area contributed by atoms with Crippen LogP contribution in [0.5, 0.6) is 5.75 Å². The Labute approximate surface area is 413 Å². The standard InChI is InChI=1S/C30H26ClNO.C30H25NO2.C3H6O/c1-17-9-11-21-19(13-17)7-6-8-25(21)32-27-23(15-20(16-24(27)31)30(3,4)5)29-28(32)22-12-10-18(2)14-26(22)33-29;1-16-6-9-20-17(12-16)7-10-21-23-13-18(30(2,3)4)14-24-27(23)31(26(20)21)28-22-11-8-19(32-5)15-25(22)33-29(24)28;1-3(2)4/h6-16H,1-5H3;6-15H,1-5H3;1-2H3/i;;1D. The first kappa shape index (κ1) is 44.0. The van der Waals surface area contributed by atoms with Gasteiger partial charge in [0, 0.05) is 50.5 Å². The fraction of sp³-hybridized carbons (Fsp3) is 0.222. The summed E-state index contributed by atoms with van der Waals surface area (Å²) in [5.74, 6) is 0.729. The number of fused-ring (bicyclic) bond motifs is 16. The first-order valence-corrected chi connectivity index (χ1v) is 24.3. The third-order valence-corrected chi connectivity index (χ3v) is 14.2. The molecule has 0 radical (unpaired) electrons. The number of methoxy groups -OCH3 is 1. The van der Waals surface area contributed by atoms with Gasteiger partial charge in [-0.05, 0) is 127 Å². The Hall–Kier alpha value is -7.28. The lowest BCUT2D eigenvalue weighted by Crippen LogP contribution is -2.11. The minimum Gasteiger partial charge on any atom is -0.497 e. The van der Waals surface area contributed by atoms with E-state index >= 15 is 0 Å². The van der Waals surface area contributed by atoms with Crippen molar-refractivity contribution in [1.29, 1.82) is 0 Å². The molecule has 13 aromatic rings. The molecule has 0 bridgehead atoms. The van der Waals surface area contributed by atoms with Crippen molar-refractivity contribution in [3.05, 3.63) is 160 Å². The van der Waals surface area contributed by atoms with Gasteiger partial charge >= 0.3 is 0 Å². The summed E-state index contributed by atoms with van der Waals surface area (Å²) in [6.45, 7) is 21.2. The summed E-state index contributed by atoms with van der Waals surface area (Å²) in [4.78, 5) is 9.62. The smallest absolute Gasteiger partial charge is 0.161 e. The van der Waals surface area contributed by atoms with Crippen molar-refractivity contribution in [1.82, 2.24) is 8.97 Å². The van der Waals surface area contributed by atoms with Gasteiger partial charge in [0.25, 0.3) is 0 Å². The molecule has 8 aromatic carbocycles. The molecule has 0 atom stereocenters. The van der Waals surface area contributed by atoms with Crippen LogP contribution >= 0.6 is 11.6 Å². The van der Waals surface area contributed by atoms with E-state index in [0.29, 0.717) is 0 Å². The number of carbonyl (C=O) groups excluding carboxylic acids is 1. The van der Waals surface area contributed by atoms with Crippen molar-refractivity contribution in [2.75, 3.05) is 7.11 Å². The number of carbonyl (C=O) groups is 1. The first-order valence-electron chi connectivity index (χ1n) is 24.6. The number of ketones is 1. The van der Waals surface area contributed by atoms with Gasteiger partial charge in [-0.1, -0.05) is 131 Å². The van der Waals surface area contributed by atoms with E-state index in [1.54, 1.807) is 7.11 Å². The number of benzene rings is 8. The van der Waals surface area contributed by atoms with Crippen LogP contribution in [0.25, 0.3) is 109 Å². The van der Waals surface area contributed by atoms with Crippen LogP contribution < -0.4 is 4.74 Å². The lowest BCUT2D eigenvalue weighted by atomic mass is 9.85. The molecule has 70 heavy (non-hydrogen) atoms. The molecule has 0 saturated heterocycles. The lowest BCUT2D eigenvalue weighted by Gasteiger charge is -2.20. The molecule has 5 aromatic heterocycles. The number of aryl methyl sites for hydroxylation is 3. The van der Waals surface area contributed by atoms with Gasteiger partial charge < -0.3 is 27.3 Å². The largest absolute Gasteiger partial charge is 0.497 e. The Balaban J connectivity index is 0.000000141. The SMILES string of the molecule is COc1ccc2c(c1)oc1c3cc(C(C)(C)C)cc4c5ccc6cc(C)ccc6c5n(c43)c21.Cc1ccc2c(-n3c4c(Cl)cc(C(C)(C)C)cc4c4oc5cc(C)ccc5c43)cccc2c1.[2H]CC(C)=O. The minimum absolute atomic E-state index is 0.0220. The van der Waals surface area contributed by atoms with Crippen LogP contribution in [0.1, 0.15) is 84.6 Å². The van der Waals surface area contributed by atoms with Gasteiger partial charge in [0.05, 0.1) is 34.4 Å². The number of rotatable bonds is 2. The molecule has 13 rings (SSSR count). The first-order chi connectivity index (χ1) is 33.8. The maximum atomic E-state index is 9.62. The van der Waals surface area contributed by atoms with Crippen LogP contribution in [0, 0.1) is 20.8 Å². The summed E-state index contributed by atoms with van der Waals surface area (Å²) in [6.07, 6.45) is 0. The number of nitrogens with zero attached hydrogens (tertiary/aromatic N) is 2. The zero-order valence-corrected chi connectivity index (χ0v) is 42.5. The minimum atomic E-state index is -0.0833. The fourth-order valence-electron chi connectivity index (χ4n) is 10.5. The van der Waals surface area contributed by atoms with E-state index in [2.05, 4.69) is 187 Å². The Morgan fingerprint density at radius 3 is 1.71 bits per heavy atom. The Bertz CT molecular complexity index is 4300. The van der Waals surface area contributed by atoms with Gasteiger partial charge in [0.15, 0.2) is 11.2 Å². The molecule has 7 heteroatoms. The fourth-order valence-corrected chi connectivity index (χ4v) is 10.8.